The lowest BCUT2D eigenvalue weighted by Gasteiger charge is -2.40. The van der Waals surface area contributed by atoms with Crippen LogP contribution in [0.25, 0.3) is 0 Å². The first-order chi connectivity index (χ1) is 14.8. The van der Waals surface area contributed by atoms with Gasteiger partial charge in [-0.05, 0) is 30.6 Å². The third kappa shape index (κ3) is 5.02. The van der Waals surface area contributed by atoms with Gasteiger partial charge in [-0.3, -0.25) is 4.90 Å². The number of rotatable bonds is 4. The number of nitrogens with zero attached hydrogens (tertiary/aromatic N) is 3. The Morgan fingerprint density at radius 2 is 1.81 bits per heavy atom. The number of alkyl halides is 3. The van der Waals surface area contributed by atoms with Crippen LogP contribution in [0.2, 0.25) is 0 Å². The molecule has 1 saturated heterocycles. The van der Waals surface area contributed by atoms with E-state index < -0.39 is 12.3 Å². The van der Waals surface area contributed by atoms with Crippen LogP contribution in [0.4, 0.5) is 19.0 Å². The van der Waals surface area contributed by atoms with Crippen molar-refractivity contribution in [3.63, 3.8) is 0 Å². The minimum atomic E-state index is -4.69. The van der Waals surface area contributed by atoms with Crippen LogP contribution in [0.3, 0.4) is 0 Å². The summed E-state index contributed by atoms with van der Waals surface area (Å²) in [6, 6.07) is 3.20. The van der Waals surface area contributed by atoms with Crippen LogP contribution >= 0.6 is 0 Å². The average Bonchev–Trinajstić information content (AvgIpc) is 3.00. The van der Waals surface area contributed by atoms with Crippen LogP contribution in [0.5, 0.6) is 0 Å². The van der Waals surface area contributed by atoms with Crippen LogP contribution in [-0.4, -0.2) is 66.6 Å². The third-order valence-electron chi connectivity index (χ3n) is 6.39. The van der Waals surface area contributed by atoms with Gasteiger partial charge in [-0.25, -0.2) is 4.98 Å². The molecule has 0 aromatic carbocycles. The zero-order chi connectivity index (χ0) is 22.0. The van der Waals surface area contributed by atoms with Gasteiger partial charge in [0.05, 0.1) is 13.2 Å². The Balaban J connectivity index is 1.33. The second-order valence-corrected chi connectivity index (χ2v) is 8.31. The monoisotopic (exact) mass is 435 g/mol. The van der Waals surface area contributed by atoms with E-state index in [9.17, 15) is 18.3 Å². The second-order valence-electron chi connectivity index (χ2n) is 8.31. The van der Waals surface area contributed by atoms with E-state index in [1.165, 1.54) is 17.2 Å². The highest BCUT2D eigenvalue weighted by Gasteiger charge is 2.39. The molecule has 3 atom stereocenters. The van der Waals surface area contributed by atoms with Gasteiger partial charge in [0.15, 0.2) is 6.10 Å². The van der Waals surface area contributed by atoms with Gasteiger partial charge in [0, 0.05) is 49.9 Å². The highest BCUT2D eigenvalue weighted by atomic mass is 19.4. The van der Waals surface area contributed by atoms with Crippen molar-refractivity contribution in [2.75, 3.05) is 44.3 Å². The van der Waals surface area contributed by atoms with E-state index in [0.717, 1.165) is 45.4 Å². The number of halogens is 3. The number of pyridine rings is 1. The molecule has 0 bridgehead atoms. The van der Waals surface area contributed by atoms with Crippen molar-refractivity contribution in [3.8, 4) is 0 Å². The van der Waals surface area contributed by atoms with Crippen molar-refractivity contribution >= 4 is 5.82 Å². The molecule has 31 heavy (non-hydrogen) atoms. The van der Waals surface area contributed by atoms with Gasteiger partial charge in [0.1, 0.15) is 5.82 Å². The van der Waals surface area contributed by atoms with Crippen molar-refractivity contribution in [2.45, 2.75) is 31.7 Å². The maximum Gasteiger partial charge on any atom is 0.418 e. The SMILES string of the molecule is CC(C1C=CC2=C(C=C1)COCC2)N1CCN(c2ccc(C(O)C(F)(F)F)cn2)CC1. The highest BCUT2D eigenvalue weighted by Crippen LogP contribution is 2.32. The lowest BCUT2D eigenvalue weighted by atomic mass is 9.98. The molecule has 5 nitrogen and oxygen atoms in total. The average molecular weight is 435 g/mol. The summed E-state index contributed by atoms with van der Waals surface area (Å²) in [4.78, 5) is 8.67. The Hall–Kier alpha value is -2.16. The predicted octanol–water partition coefficient (Wildman–Crippen LogP) is 3.65. The minimum Gasteiger partial charge on any atom is -0.379 e. The van der Waals surface area contributed by atoms with Gasteiger partial charge in [-0.15, -0.1) is 0 Å². The summed E-state index contributed by atoms with van der Waals surface area (Å²) < 4.78 is 43.5. The maximum atomic E-state index is 12.7. The molecule has 1 aromatic heterocycles. The van der Waals surface area contributed by atoms with Gasteiger partial charge in [0.25, 0.3) is 0 Å². The number of ether oxygens (including phenoxy) is 1. The van der Waals surface area contributed by atoms with Crippen LogP contribution in [0, 0.1) is 5.92 Å². The molecule has 2 aliphatic heterocycles. The molecule has 0 spiro atoms. The maximum absolute atomic E-state index is 12.7. The largest absolute Gasteiger partial charge is 0.418 e. The van der Waals surface area contributed by atoms with Crippen molar-refractivity contribution in [2.24, 2.45) is 5.92 Å². The summed E-state index contributed by atoms with van der Waals surface area (Å²) in [5.41, 5.74) is 2.40. The molecule has 1 aliphatic carbocycles. The lowest BCUT2D eigenvalue weighted by Crippen LogP contribution is -2.51. The molecule has 0 saturated carbocycles. The molecule has 0 amide bonds. The minimum absolute atomic E-state index is 0.239. The molecule has 1 fully saturated rings. The molecular formula is C23H28F3N3O2. The fraction of sp³-hybridized carbons (Fsp3) is 0.522. The van der Waals surface area contributed by atoms with Crippen LogP contribution in [0.1, 0.15) is 25.0 Å². The lowest BCUT2D eigenvalue weighted by molar-refractivity contribution is -0.206. The van der Waals surface area contributed by atoms with Crippen molar-refractivity contribution in [1.29, 1.82) is 0 Å². The number of anilines is 1. The first-order valence-electron chi connectivity index (χ1n) is 10.7. The van der Waals surface area contributed by atoms with Crippen LogP contribution in [0.15, 0.2) is 53.8 Å². The van der Waals surface area contributed by atoms with E-state index in [1.807, 2.05) is 0 Å². The van der Waals surface area contributed by atoms with Crippen molar-refractivity contribution in [1.82, 2.24) is 9.88 Å². The summed E-state index contributed by atoms with van der Waals surface area (Å²) in [6.07, 6.45) is 3.88. The molecule has 168 valence electrons. The molecule has 8 heteroatoms. The normalized spacial score (nSPS) is 24.7. The summed E-state index contributed by atoms with van der Waals surface area (Å²) in [5, 5.41) is 9.36. The zero-order valence-corrected chi connectivity index (χ0v) is 17.6. The van der Waals surface area contributed by atoms with Gasteiger partial charge in [-0.2, -0.15) is 13.2 Å². The van der Waals surface area contributed by atoms with E-state index in [0.29, 0.717) is 24.4 Å². The fourth-order valence-corrected chi connectivity index (χ4v) is 4.34. The van der Waals surface area contributed by atoms with E-state index >= 15 is 0 Å². The number of aromatic nitrogens is 1. The van der Waals surface area contributed by atoms with Gasteiger partial charge in [0.2, 0.25) is 0 Å². The molecule has 3 unspecified atom stereocenters. The number of aliphatic hydroxyl groups excluding tert-OH is 1. The molecule has 3 aliphatic rings. The highest BCUT2D eigenvalue weighted by molar-refractivity contribution is 5.41. The first-order valence-corrected chi connectivity index (χ1v) is 10.7. The predicted molar refractivity (Wildman–Crippen MR) is 113 cm³/mol. The quantitative estimate of drug-likeness (QED) is 0.783. The summed E-state index contributed by atoms with van der Waals surface area (Å²) in [7, 11) is 0. The van der Waals surface area contributed by atoms with Crippen molar-refractivity contribution < 1.29 is 23.0 Å². The third-order valence-corrected chi connectivity index (χ3v) is 6.39. The number of hydrogen-bond acceptors (Lipinski definition) is 5. The molecular weight excluding hydrogens is 407 g/mol. The molecule has 3 heterocycles. The molecule has 1 N–H and O–H groups in total. The summed E-state index contributed by atoms with van der Waals surface area (Å²) in [5.74, 6) is 0.954. The van der Waals surface area contributed by atoms with E-state index in [2.05, 4.69) is 46.0 Å². The Morgan fingerprint density at radius 1 is 1.10 bits per heavy atom. The topological polar surface area (TPSA) is 48.8 Å². The molecule has 1 aromatic rings. The van der Waals surface area contributed by atoms with Crippen LogP contribution in [-0.2, 0) is 4.74 Å². The number of hydrogen-bond donors (Lipinski definition) is 1. The first kappa shape index (κ1) is 22.0. The summed E-state index contributed by atoms with van der Waals surface area (Å²) >= 11 is 0. The fourth-order valence-electron chi connectivity index (χ4n) is 4.34. The van der Waals surface area contributed by atoms with E-state index in [4.69, 9.17) is 4.74 Å². The summed E-state index contributed by atoms with van der Waals surface area (Å²) in [6.45, 7) is 6.91. The second kappa shape index (κ2) is 9.14. The Labute approximate surface area is 180 Å². The smallest absolute Gasteiger partial charge is 0.379 e. The number of aliphatic hydroxyl groups is 1. The van der Waals surface area contributed by atoms with E-state index in [1.54, 1.807) is 6.07 Å². The molecule has 4 rings (SSSR count). The number of allylic oxidation sites excluding steroid dienone is 1. The Bertz CT molecular complexity index is 830. The molecule has 0 radical (unpaired) electrons. The zero-order valence-electron chi connectivity index (χ0n) is 17.6. The van der Waals surface area contributed by atoms with Crippen molar-refractivity contribution in [3.05, 3.63) is 59.3 Å². The van der Waals surface area contributed by atoms with Crippen LogP contribution < -0.4 is 4.90 Å². The Morgan fingerprint density at radius 3 is 2.45 bits per heavy atom. The van der Waals surface area contributed by atoms with Gasteiger partial charge >= 0.3 is 6.18 Å². The standard InChI is InChI=1S/C23H28F3N3O2/c1-16(17-2-4-18-8-13-31-15-20(18)5-3-17)28-9-11-29(12-10-28)21-7-6-19(14-27-21)22(30)23(24,25)26/h2-7,14,16-17,22,30H,8-13,15H2,1H3. The number of piperazine rings is 1. The van der Waals surface area contributed by atoms with Gasteiger partial charge < -0.3 is 14.7 Å². The van der Waals surface area contributed by atoms with Gasteiger partial charge in [-0.1, -0.05) is 30.4 Å². The Kier molecular flexibility index (Phi) is 6.50. The van der Waals surface area contributed by atoms with E-state index in [-0.39, 0.29) is 5.56 Å².